The Kier molecular flexibility index (Phi) is 5.23. The van der Waals surface area contributed by atoms with Gasteiger partial charge in [0, 0.05) is 5.56 Å². The van der Waals surface area contributed by atoms with Crippen molar-refractivity contribution in [3.05, 3.63) is 66.2 Å². The minimum atomic E-state index is -0.278. The summed E-state index contributed by atoms with van der Waals surface area (Å²) in [6, 6.07) is 19.5. The van der Waals surface area contributed by atoms with Crippen LogP contribution >= 0.6 is 0 Å². The fourth-order valence-electron chi connectivity index (χ4n) is 2.80. The quantitative estimate of drug-likeness (QED) is 0.678. The van der Waals surface area contributed by atoms with E-state index in [0.29, 0.717) is 18.9 Å². The highest BCUT2D eigenvalue weighted by Gasteiger charge is 2.25. The summed E-state index contributed by atoms with van der Waals surface area (Å²) < 4.78 is 6.80. The van der Waals surface area contributed by atoms with Crippen LogP contribution in [0.5, 0.6) is 6.01 Å². The maximum atomic E-state index is 13.2. The zero-order valence-corrected chi connectivity index (χ0v) is 14.4. The second-order valence-electron chi connectivity index (χ2n) is 5.64. The number of rotatable bonds is 6. The van der Waals surface area contributed by atoms with Crippen molar-refractivity contribution in [2.45, 2.75) is 26.2 Å². The van der Waals surface area contributed by atoms with Crippen molar-refractivity contribution < 1.29 is 9.53 Å². The number of carbonyl (C=O) groups excluding carboxylic acids is 1. The van der Waals surface area contributed by atoms with Gasteiger partial charge in [0.15, 0.2) is 5.82 Å². The van der Waals surface area contributed by atoms with E-state index in [1.54, 1.807) is 0 Å². The van der Waals surface area contributed by atoms with Gasteiger partial charge in [-0.25, -0.2) is 0 Å². The molecule has 0 aliphatic heterocycles. The van der Waals surface area contributed by atoms with E-state index in [0.717, 1.165) is 11.1 Å². The molecule has 25 heavy (non-hydrogen) atoms. The minimum absolute atomic E-state index is 0.106. The standard InChI is InChI=1S/C20H21N3O2/c1-3-17(15-11-7-5-8-12-15)19(24)23-18(16-13-9-6-10-14-16)21-20(22-23)25-4-2/h5-14,17H,3-4H2,1-2H3. The summed E-state index contributed by atoms with van der Waals surface area (Å²) in [5.74, 6) is 0.120. The van der Waals surface area contributed by atoms with Crippen LogP contribution in [0.1, 0.15) is 36.5 Å². The van der Waals surface area contributed by atoms with Crippen LogP contribution in [0.4, 0.5) is 0 Å². The van der Waals surface area contributed by atoms with E-state index in [-0.39, 0.29) is 17.8 Å². The summed E-state index contributed by atoms with van der Waals surface area (Å²) in [5.41, 5.74) is 1.81. The molecule has 0 N–H and O–H groups in total. The summed E-state index contributed by atoms with van der Waals surface area (Å²) in [7, 11) is 0. The van der Waals surface area contributed by atoms with E-state index >= 15 is 0 Å². The van der Waals surface area contributed by atoms with Crippen molar-refractivity contribution in [1.29, 1.82) is 0 Å². The first-order chi connectivity index (χ1) is 12.2. The fraction of sp³-hybridized carbons (Fsp3) is 0.250. The highest BCUT2D eigenvalue weighted by Crippen LogP contribution is 2.26. The molecule has 1 aromatic heterocycles. The maximum absolute atomic E-state index is 13.2. The third-order valence-electron chi connectivity index (χ3n) is 4.01. The van der Waals surface area contributed by atoms with Crippen LogP contribution in [0.3, 0.4) is 0 Å². The predicted octanol–water partition coefficient (Wildman–Crippen LogP) is 4.18. The highest BCUT2D eigenvalue weighted by molar-refractivity contribution is 5.88. The van der Waals surface area contributed by atoms with E-state index in [1.807, 2.05) is 74.5 Å². The van der Waals surface area contributed by atoms with Crippen molar-refractivity contribution in [2.24, 2.45) is 0 Å². The SMILES string of the molecule is CCOc1nc(-c2ccccc2)n(C(=O)C(CC)c2ccccc2)n1. The lowest BCUT2D eigenvalue weighted by molar-refractivity contribution is 0.0858. The Bertz CT molecular complexity index is 829. The van der Waals surface area contributed by atoms with Crippen LogP contribution in [0.2, 0.25) is 0 Å². The van der Waals surface area contributed by atoms with Gasteiger partial charge in [-0.15, -0.1) is 5.10 Å². The summed E-state index contributed by atoms with van der Waals surface area (Å²) in [5, 5.41) is 4.30. The molecular weight excluding hydrogens is 314 g/mol. The lowest BCUT2D eigenvalue weighted by atomic mass is 9.95. The number of hydrogen-bond acceptors (Lipinski definition) is 4. The summed E-state index contributed by atoms with van der Waals surface area (Å²) >= 11 is 0. The largest absolute Gasteiger partial charge is 0.463 e. The molecule has 0 spiro atoms. The zero-order valence-electron chi connectivity index (χ0n) is 14.4. The zero-order chi connectivity index (χ0) is 17.6. The molecule has 0 amide bonds. The number of hydrogen-bond donors (Lipinski definition) is 0. The Morgan fingerprint density at radius 2 is 1.68 bits per heavy atom. The first-order valence-corrected chi connectivity index (χ1v) is 8.49. The molecule has 1 atom stereocenters. The third kappa shape index (κ3) is 3.60. The Labute approximate surface area is 147 Å². The molecule has 0 aliphatic carbocycles. The van der Waals surface area contributed by atoms with Crippen LogP contribution in [-0.2, 0) is 0 Å². The predicted molar refractivity (Wildman–Crippen MR) is 96.7 cm³/mol. The van der Waals surface area contributed by atoms with Gasteiger partial charge in [-0.3, -0.25) is 4.79 Å². The smallest absolute Gasteiger partial charge is 0.336 e. The van der Waals surface area contributed by atoms with Gasteiger partial charge in [0.1, 0.15) is 0 Å². The number of carbonyl (C=O) groups is 1. The lowest BCUT2D eigenvalue weighted by Crippen LogP contribution is -2.22. The Morgan fingerprint density at radius 1 is 1.04 bits per heavy atom. The van der Waals surface area contributed by atoms with Gasteiger partial charge < -0.3 is 4.74 Å². The van der Waals surface area contributed by atoms with E-state index in [9.17, 15) is 4.79 Å². The molecule has 3 aromatic rings. The van der Waals surface area contributed by atoms with Crippen LogP contribution in [0.15, 0.2) is 60.7 Å². The van der Waals surface area contributed by atoms with Crippen molar-refractivity contribution in [1.82, 2.24) is 14.8 Å². The number of benzene rings is 2. The fourth-order valence-corrected chi connectivity index (χ4v) is 2.80. The average Bonchev–Trinajstić information content (AvgIpc) is 3.08. The van der Waals surface area contributed by atoms with Crippen LogP contribution in [0.25, 0.3) is 11.4 Å². The number of nitrogens with zero attached hydrogens (tertiary/aromatic N) is 3. The Hall–Kier alpha value is -2.95. The molecule has 1 heterocycles. The third-order valence-corrected chi connectivity index (χ3v) is 4.01. The first kappa shape index (κ1) is 16.9. The molecule has 0 radical (unpaired) electrons. The number of ether oxygens (including phenoxy) is 1. The van der Waals surface area contributed by atoms with Crippen molar-refractivity contribution in [3.63, 3.8) is 0 Å². The van der Waals surface area contributed by atoms with Crippen molar-refractivity contribution in [2.75, 3.05) is 6.61 Å². The van der Waals surface area contributed by atoms with Gasteiger partial charge in [-0.1, -0.05) is 67.6 Å². The van der Waals surface area contributed by atoms with Crippen molar-refractivity contribution in [3.8, 4) is 17.4 Å². The Morgan fingerprint density at radius 3 is 2.28 bits per heavy atom. The molecule has 0 saturated carbocycles. The molecule has 1 unspecified atom stereocenters. The molecule has 3 rings (SSSR count). The molecule has 2 aromatic carbocycles. The summed E-state index contributed by atoms with van der Waals surface area (Å²) in [6.07, 6.45) is 0.681. The molecule has 0 saturated heterocycles. The first-order valence-electron chi connectivity index (χ1n) is 8.49. The summed E-state index contributed by atoms with van der Waals surface area (Å²) in [4.78, 5) is 17.6. The van der Waals surface area contributed by atoms with Crippen LogP contribution in [0, 0.1) is 0 Å². The average molecular weight is 335 g/mol. The van der Waals surface area contributed by atoms with E-state index in [1.165, 1.54) is 4.68 Å². The monoisotopic (exact) mass is 335 g/mol. The molecule has 128 valence electrons. The molecule has 5 nitrogen and oxygen atoms in total. The second kappa shape index (κ2) is 7.75. The minimum Gasteiger partial charge on any atom is -0.463 e. The second-order valence-corrected chi connectivity index (χ2v) is 5.64. The van der Waals surface area contributed by atoms with E-state index in [4.69, 9.17) is 4.74 Å². The maximum Gasteiger partial charge on any atom is 0.336 e. The van der Waals surface area contributed by atoms with Gasteiger partial charge in [-0.2, -0.15) is 9.67 Å². The normalized spacial score (nSPS) is 11.9. The molecular formula is C20H21N3O2. The number of aromatic nitrogens is 3. The van der Waals surface area contributed by atoms with Gasteiger partial charge in [0.05, 0.1) is 12.5 Å². The molecule has 0 bridgehead atoms. The van der Waals surface area contributed by atoms with Gasteiger partial charge in [0.25, 0.3) is 5.91 Å². The van der Waals surface area contributed by atoms with Gasteiger partial charge >= 0.3 is 6.01 Å². The Balaban J connectivity index is 2.04. The highest BCUT2D eigenvalue weighted by atomic mass is 16.5. The molecule has 5 heteroatoms. The lowest BCUT2D eigenvalue weighted by Gasteiger charge is -2.14. The van der Waals surface area contributed by atoms with Gasteiger partial charge in [0.2, 0.25) is 0 Å². The topological polar surface area (TPSA) is 57.0 Å². The van der Waals surface area contributed by atoms with E-state index < -0.39 is 0 Å². The van der Waals surface area contributed by atoms with Crippen LogP contribution in [-0.4, -0.2) is 27.3 Å². The van der Waals surface area contributed by atoms with Crippen LogP contribution < -0.4 is 4.74 Å². The molecule has 0 fully saturated rings. The summed E-state index contributed by atoms with van der Waals surface area (Å²) in [6.45, 7) is 4.31. The molecule has 0 aliphatic rings. The van der Waals surface area contributed by atoms with Crippen molar-refractivity contribution >= 4 is 5.91 Å². The van der Waals surface area contributed by atoms with E-state index in [2.05, 4.69) is 10.1 Å². The van der Waals surface area contributed by atoms with Gasteiger partial charge in [-0.05, 0) is 18.9 Å².